The first-order valence-electron chi connectivity index (χ1n) is 9.06. The number of carbonyl (C=O) groups excluding carboxylic acids is 2. The molecule has 0 fully saturated rings. The number of hydrogen-bond acceptors (Lipinski definition) is 6. The van der Waals surface area contributed by atoms with E-state index in [1.807, 2.05) is 43.3 Å². The maximum Gasteiger partial charge on any atom is 0.241 e. The average molecular weight is 413 g/mol. The largest absolute Gasteiger partial charge is 0.497 e. The van der Waals surface area contributed by atoms with Crippen LogP contribution in [-0.4, -0.2) is 29.1 Å². The van der Waals surface area contributed by atoms with Gasteiger partial charge < -0.3 is 14.8 Å². The number of carbonyl (C=O) groups is 2. The highest BCUT2D eigenvalue weighted by molar-refractivity contribution is 8.14. The van der Waals surface area contributed by atoms with Gasteiger partial charge in [-0.05, 0) is 30.7 Å². The van der Waals surface area contributed by atoms with Crippen molar-refractivity contribution in [2.45, 2.75) is 32.8 Å². The van der Waals surface area contributed by atoms with Crippen molar-refractivity contribution in [2.75, 3.05) is 7.11 Å². The molecule has 0 radical (unpaired) electrons. The minimum Gasteiger partial charge on any atom is -0.497 e. The Morgan fingerprint density at radius 2 is 2.00 bits per heavy atom. The molecular formula is C21H23N3O4S. The Morgan fingerprint density at radius 1 is 1.21 bits per heavy atom. The minimum atomic E-state index is -0.475. The van der Waals surface area contributed by atoms with Crippen molar-refractivity contribution in [3.63, 3.8) is 0 Å². The lowest BCUT2D eigenvalue weighted by atomic mass is 10.1. The molecule has 0 saturated heterocycles. The quantitative estimate of drug-likeness (QED) is 0.810. The summed E-state index contributed by atoms with van der Waals surface area (Å²) in [6, 6.07) is 13.5. The van der Waals surface area contributed by atoms with Gasteiger partial charge in [0, 0.05) is 19.4 Å². The molecule has 152 valence electrons. The van der Waals surface area contributed by atoms with Crippen LogP contribution in [0.5, 0.6) is 11.5 Å². The smallest absolute Gasteiger partial charge is 0.241 e. The SMILES string of the molecule is COc1ccc(OCc2cccc(C)c2)c([C@@H]2SC(NC(C)=O)=NN2C(C)=O)c1. The first-order valence-corrected chi connectivity index (χ1v) is 9.94. The number of amidine groups is 1. The summed E-state index contributed by atoms with van der Waals surface area (Å²) >= 11 is 1.27. The number of hydrogen-bond donors (Lipinski definition) is 1. The number of hydrazone groups is 1. The fourth-order valence-corrected chi connectivity index (χ4v) is 4.06. The molecule has 0 aliphatic carbocycles. The predicted octanol–water partition coefficient (Wildman–Crippen LogP) is 3.58. The number of nitrogens with one attached hydrogen (secondary N) is 1. The fourth-order valence-electron chi connectivity index (χ4n) is 2.91. The molecule has 7 nitrogen and oxygen atoms in total. The standard InChI is InChI=1S/C21H23N3O4S/c1-13-6-5-7-16(10-13)12-28-19-9-8-17(27-4)11-18(19)20-24(15(3)26)23-21(29-20)22-14(2)25/h5-11,20H,12H2,1-4H3,(H,22,23,25)/t20-/m0/s1. The van der Waals surface area contributed by atoms with Crippen molar-refractivity contribution in [1.82, 2.24) is 10.3 Å². The molecule has 8 heteroatoms. The van der Waals surface area contributed by atoms with Crippen molar-refractivity contribution in [3.8, 4) is 11.5 Å². The van der Waals surface area contributed by atoms with Crippen LogP contribution in [0, 0.1) is 6.92 Å². The number of rotatable bonds is 5. The highest BCUT2D eigenvalue weighted by Crippen LogP contribution is 2.44. The molecule has 2 amide bonds. The van der Waals surface area contributed by atoms with E-state index >= 15 is 0 Å². The van der Waals surface area contributed by atoms with Gasteiger partial charge in [0.2, 0.25) is 11.8 Å². The number of benzene rings is 2. The third-order valence-electron chi connectivity index (χ3n) is 4.21. The monoisotopic (exact) mass is 413 g/mol. The molecule has 1 aliphatic heterocycles. The van der Waals surface area contributed by atoms with E-state index in [0.29, 0.717) is 23.3 Å². The second-order valence-corrected chi connectivity index (χ2v) is 7.67. The molecule has 29 heavy (non-hydrogen) atoms. The van der Waals surface area contributed by atoms with Gasteiger partial charge in [-0.3, -0.25) is 9.59 Å². The molecule has 1 atom stereocenters. The zero-order valence-corrected chi connectivity index (χ0v) is 17.6. The van der Waals surface area contributed by atoms with Gasteiger partial charge in [-0.1, -0.05) is 41.6 Å². The number of aryl methyl sites for hydroxylation is 1. The van der Waals surface area contributed by atoms with Gasteiger partial charge in [0.1, 0.15) is 23.5 Å². The van der Waals surface area contributed by atoms with Gasteiger partial charge in [-0.15, -0.1) is 5.10 Å². The van der Waals surface area contributed by atoms with Crippen molar-refractivity contribution in [3.05, 3.63) is 59.2 Å². The molecule has 1 heterocycles. The van der Waals surface area contributed by atoms with E-state index in [1.165, 1.54) is 30.6 Å². The second kappa shape index (κ2) is 9.00. The van der Waals surface area contributed by atoms with Crippen molar-refractivity contribution >= 4 is 28.7 Å². The lowest BCUT2D eigenvalue weighted by molar-refractivity contribution is -0.129. The molecule has 0 spiro atoms. The van der Waals surface area contributed by atoms with Crippen LogP contribution < -0.4 is 14.8 Å². The molecule has 1 N–H and O–H groups in total. The summed E-state index contributed by atoms with van der Waals surface area (Å²) in [6.07, 6.45) is 0. The van der Waals surface area contributed by atoms with E-state index in [-0.39, 0.29) is 11.8 Å². The summed E-state index contributed by atoms with van der Waals surface area (Å²) in [5.74, 6) is 0.771. The van der Waals surface area contributed by atoms with Gasteiger partial charge in [-0.2, -0.15) is 0 Å². The van der Waals surface area contributed by atoms with Crippen molar-refractivity contribution in [1.29, 1.82) is 0 Å². The molecule has 3 rings (SSSR count). The van der Waals surface area contributed by atoms with E-state index in [4.69, 9.17) is 9.47 Å². The van der Waals surface area contributed by atoms with Crippen molar-refractivity contribution < 1.29 is 19.1 Å². The molecule has 0 saturated carbocycles. The zero-order chi connectivity index (χ0) is 21.0. The van der Waals surface area contributed by atoms with Gasteiger partial charge in [-0.25, -0.2) is 5.01 Å². The van der Waals surface area contributed by atoms with Crippen LogP contribution in [0.3, 0.4) is 0 Å². The van der Waals surface area contributed by atoms with E-state index in [0.717, 1.165) is 16.7 Å². The first-order chi connectivity index (χ1) is 13.9. The third kappa shape index (κ3) is 5.08. The minimum absolute atomic E-state index is 0.240. The van der Waals surface area contributed by atoms with E-state index in [9.17, 15) is 9.59 Å². The van der Waals surface area contributed by atoms with E-state index < -0.39 is 5.37 Å². The fraction of sp³-hybridized carbons (Fsp3) is 0.286. The highest BCUT2D eigenvalue weighted by atomic mass is 32.2. The number of nitrogens with zero attached hydrogens (tertiary/aromatic N) is 2. The van der Waals surface area contributed by atoms with Crippen LogP contribution in [-0.2, 0) is 16.2 Å². The second-order valence-electron chi connectivity index (χ2n) is 6.60. The number of methoxy groups -OCH3 is 1. The van der Waals surface area contributed by atoms with Crippen LogP contribution in [0.25, 0.3) is 0 Å². The number of thioether (sulfide) groups is 1. The average Bonchev–Trinajstić information content (AvgIpc) is 3.09. The summed E-state index contributed by atoms with van der Waals surface area (Å²) in [5, 5.41) is 8.12. The van der Waals surface area contributed by atoms with Crippen LogP contribution in [0.2, 0.25) is 0 Å². The Morgan fingerprint density at radius 3 is 2.66 bits per heavy atom. The first kappa shape index (κ1) is 20.7. The summed E-state index contributed by atoms with van der Waals surface area (Å²) < 4.78 is 11.4. The van der Waals surface area contributed by atoms with Gasteiger partial charge >= 0.3 is 0 Å². The van der Waals surface area contributed by atoms with Crippen LogP contribution >= 0.6 is 11.8 Å². The van der Waals surface area contributed by atoms with Gasteiger partial charge in [0.25, 0.3) is 0 Å². The van der Waals surface area contributed by atoms with Crippen LogP contribution in [0.15, 0.2) is 47.6 Å². The Balaban J connectivity index is 1.90. The van der Waals surface area contributed by atoms with Crippen LogP contribution in [0.1, 0.15) is 35.9 Å². The third-order valence-corrected chi connectivity index (χ3v) is 5.29. The molecule has 0 bridgehead atoms. The number of ether oxygens (including phenoxy) is 2. The van der Waals surface area contributed by atoms with Crippen molar-refractivity contribution in [2.24, 2.45) is 5.10 Å². The lowest BCUT2D eigenvalue weighted by Gasteiger charge is -2.22. The molecule has 0 aromatic heterocycles. The van der Waals surface area contributed by atoms with Gasteiger partial charge in [0.05, 0.1) is 7.11 Å². The number of amides is 2. The molecule has 2 aromatic carbocycles. The van der Waals surface area contributed by atoms with E-state index in [1.54, 1.807) is 7.11 Å². The summed E-state index contributed by atoms with van der Waals surface area (Å²) in [6.45, 7) is 5.25. The zero-order valence-electron chi connectivity index (χ0n) is 16.8. The van der Waals surface area contributed by atoms with Gasteiger partial charge in [0.15, 0.2) is 5.17 Å². The summed E-state index contributed by atoms with van der Waals surface area (Å²) in [7, 11) is 1.58. The maximum atomic E-state index is 12.2. The molecule has 0 unspecified atom stereocenters. The van der Waals surface area contributed by atoms with E-state index in [2.05, 4.69) is 16.5 Å². The predicted molar refractivity (Wildman–Crippen MR) is 113 cm³/mol. The molecule has 1 aliphatic rings. The highest BCUT2D eigenvalue weighted by Gasteiger charge is 2.34. The topological polar surface area (TPSA) is 80.2 Å². The molecule has 2 aromatic rings. The lowest BCUT2D eigenvalue weighted by Crippen LogP contribution is -2.25. The summed E-state index contributed by atoms with van der Waals surface area (Å²) in [4.78, 5) is 23.6. The van der Waals surface area contributed by atoms with Crippen LogP contribution in [0.4, 0.5) is 0 Å². The Labute approximate surface area is 174 Å². The normalized spacial score (nSPS) is 15.7. The summed E-state index contributed by atoms with van der Waals surface area (Å²) in [5.41, 5.74) is 2.94. The maximum absolute atomic E-state index is 12.2. The Hall–Kier alpha value is -3.00. The Kier molecular flexibility index (Phi) is 6.43. The molecular weight excluding hydrogens is 390 g/mol. The Bertz CT molecular complexity index is 961.